The number of amides is 1. The quantitative estimate of drug-likeness (QED) is 0.509. The molecule has 8 heteroatoms. The molecular weight excluding hydrogens is 386 g/mol. The van der Waals surface area contributed by atoms with E-state index in [4.69, 9.17) is 0 Å². The molecule has 0 aliphatic heterocycles. The molecule has 25 heavy (non-hydrogen) atoms. The fourth-order valence-corrected chi connectivity index (χ4v) is 2.48. The van der Waals surface area contributed by atoms with E-state index in [9.17, 15) is 9.90 Å². The van der Waals surface area contributed by atoms with Crippen LogP contribution in [0.5, 0.6) is 5.75 Å². The number of rotatable bonds is 5. The Morgan fingerprint density at radius 1 is 1.28 bits per heavy atom. The zero-order valence-corrected chi connectivity index (χ0v) is 14.6. The standard InChI is InChI=1S/C17H14BrN5O2/c18-14-6-7-16(24)13(8-14)9-19-21-17(25)11-23-10-15(20-22-23)12-4-2-1-3-5-12/h1-10,24H,11H2,(H,21,25). The predicted molar refractivity (Wildman–Crippen MR) is 97.0 cm³/mol. The third-order valence-corrected chi connectivity index (χ3v) is 3.79. The van der Waals surface area contributed by atoms with Crippen molar-refractivity contribution in [3.8, 4) is 17.0 Å². The smallest absolute Gasteiger partial charge is 0.261 e. The highest BCUT2D eigenvalue weighted by Crippen LogP contribution is 2.20. The molecule has 1 heterocycles. The summed E-state index contributed by atoms with van der Waals surface area (Å²) >= 11 is 3.30. The molecule has 0 unspecified atom stereocenters. The first-order valence-electron chi connectivity index (χ1n) is 7.38. The number of aromatic hydroxyl groups is 1. The van der Waals surface area contributed by atoms with Crippen molar-refractivity contribution in [1.29, 1.82) is 0 Å². The van der Waals surface area contributed by atoms with Crippen LogP contribution in [0.4, 0.5) is 0 Å². The molecule has 0 bridgehead atoms. The van der Waals surface area contributed by atoms with Crippen molar-refractivity contribution in [2.45, 2.75) is 6.54 Å². The molecule has 1 aromatic heterocycles. The summed E-state index contributed by atoms with van der Waals surface area (Å²) in [6.07, 6.45) is 3.06. The van der Waals surface area contributed by atoms with Crippen LogP contribution in [0.25, 0.3) is 11.3 Å². The van der Waals surface area contributed by atoms with Gasteiger partial charge in [-0.1, -0.05) is 51.5 Å². The lowest BCUT2D eigenvalue weighted by molar-refractivity contribution is -0.121. The SMILES string of the molecule is O=C(Cn1cc(-c2ccccc2)nn1)NN=Cc1cc(Br)ccc1O. The van der Waals surface area contributed by atoms with Crippen LogP contribution in [0.3, 0.4) is 0 Å². The number of aromatic nitrogens is 3. The average molecular weight is 400 g/mol. The first kappa shape index (κ1) is 16.8. The van der Waals surface area contributed by atoms with Crippen LogP contribution < -0.4 is 5.43 Å². The van der Waals surface area contributed by atoms with Gasteiger partial charge >= 0.3 is 0 Å². The van der Waals surface area contributed by atoms with Gasteiger partial charge in [-0.25, -0.2) is 10.1 Å². The molecule has 0 aliphatic rings. The molecule has 3 aromatic rings. The highest BCUT2D eigenvalue weighted by Gasteiger charge is 2.07. The first-order chi connectivity index (χ1) is 12.1. The van der Waals surface area contributed by atoms with Crippen LogP contribution in [-0.2, 0) is 11.3 Å². The second kappa shape index (κ2) is 7.71. The Morgan fingerprint density at radius 2 is 2.08 bits per heavy atom. The number of hydrazone groups is 1. The fourth-order valence-electron chi connectivity index (χ4n) is 2.10. The Balaban J connectivity index is 1.59. The highest BCUT2D eigenvalue weighted by atomic mass is 79.9. The minimum Gasteiger partial charge on any atom is -0.507 e. The van der Waals surface area contributed by atoms with Crippen molar-refractivity contribution in [3.63, 3.8) is 0 Å². The summed E-state index contributed by atoms with van der Waals surface area (Å²) in [6.45, 7) is -0.0123. The van der Waals surface area contributed by atoms with Crippen LogP contribution in [0.1, 0.15) is 5.56 Å². The van der Waals surface area contributed by atoms with Crippen LogP contribution in [0.15, 0.2) is 64.3 Å². The predicted octanol–water partition coefficient (Wildman–Crippen LogP) is 2.56. The van der Waals surface area contributed by atoms with Gasteiger partial charge in [0.1, 0.15) is 18.0 Å². The Kier molecular flexibility index (Phi) is 5.20. The molecule has 126 valence electrons. The largest absolute Gasteiger partial charge is 0.507 e. The summed E-state index contributed by atoms with van der Waals surface area (Å²) in [6, 6.07) is 14.5. The number of halogens is 1. The Hall–Kier alpha value is -3.00. The molecule has 0 saturated heterocycles. The Bertz CT molecular complexity index is 908. The number of carbonyl (C=O) groups is 1. The molecular formula is C17H14BrN5O2. The second-order valence-electron chi connectivity index (χ2n) is 5.16. The summed E-state index contributed by atoms with van der Waals surface area (Å²) in [7, 11) is 0. The fraction of sp³-hybridized carbons (Fsp3) is 0.0588. The summed E-state index contributed by atoms with van der Waals surface area (Å²) in [4.78, 5) is 11.9. The second-order valence-corrected chi connectivity index (χ2v) is 6.08. The van der Waals surface area contributed by atoms with E-state index in [1.54, 1.807) is 18.3 Å². The zero-order valence-electron chi connectivity index (χ0n) is 13.0. The maximum atomic E-state index is 11.9. The van der Waals surface area contributed by atoms with Gasteiger partial charge in [-0.15, -0.1) is 5.10 Å². The van der Waals surface area contributed by atoms with Crippen molar-refractivity contribution >= 4 is 28.1 Å². The molecule has 2 aromatic carbocycles. The van der Waals surface area contributed by atoms with Gasteiger partial charge in [-0.05, 0) is 18.2 Å². The molecule has 2 N–H and O–H groups in total. The van der Waals surface area contributed by atoms with E-state index in [1.165, 1.54) is 17.0 Å². The van der Waals surface area contributed by atoms with Gasteiger partial charge in [-0.3, -0.25) is 4.79 Å². The van der Waals surface area contributed by atoms with Gasteiger partial charge in [0.05, 0.1) is 12.4 Å². The third kappa shape index (κ3) is 4.51. The van der Waals surface area contributed by atoms with Crippen LogP contribution in [0.2, 0.25) is 0 Å². The van der Waals surface area contributed by atoms with Crippen molar-refractivity contribution in [2.24, 2.45) is 5.10 Å². The van der Waals surface area contributed by atoms with E-state index < -0.39 is 0 Å². The zero-order chi connectivity index (χ0) is 17.6. The van der Waals surface area contributed by atoms with Crippen molar-refractivity contribution in [3.05, 3.63) is 64.8 Å². The van der Waals surface area contributed by atoms with Crippen molar-refractivity contribution in [2.75, 3.05) is 0 Å². The van der Waals surface area contributed by atoms with Gasteiger partial charge in [-0.2, -0.15) is 5.10 Å². The monoisotopic (exact) mass is 399 g/mol. The van der Waals surface area contributed by atoms with E-state index in [1.807, 2.05) is 30.3 Å². The first-order valence-corrected chi connectivity index (χ1v) is 8.17. The van der Waals surface area contributed by atoms with E-state index in [0.717, 1.165) is 10.0 Å². The van der Waals surface area contributed by atoms with Crippen molar-refractivity contribution in [1.82, 2.24) is 20.4 Å². The number of nitrogens with zero attached hydrogens (tertiary/aromatic N) is 4. The molecule has 0 atom stereocenters. The number of phenols is 1. The molecule has 1 amide bonds. The minimum atomic E-state index is -0.352. The number of carbonyl (C=O) groups excluding carboxylic acids is 1. The topological polar surface area (TPSA) is 92.4 Å². The number of phenolic OH excluding ortho intramolecular Hbond substituents is 1. The van der Waals surface area contributed by atoms with Gasteiger partial charge < -0.3 is 5.11 Å². The maximum Gasteiger partial charge on any atom is 0.261 e. The summed E-state index contributed by atoms with van der Waals surface area (Å²) < 4.78 is 2.23. The van der Waals surface area contributed by atoms with Crippen LogP contribution >= 0.6 is 15.9 Å². The van der Waals surface area contributed by atoms with E-state index in [-0.39, 0.29) is 18.2 Å². The molecule has 0 spiro atoms. The lowest BCUT2D eigenvalue weighted by Gasteiger charge is -2.01. The number of benzene rings is 2. The van der Waals surface area contributed by atoms with E-state index in [2.05, 4.69) is 36.8 Å². The number of hydrogen-bond donors (Lipinski definition) is 2. The molecule has 0 aliphatic carbocycles. The minimum absolute atomic E-state index is 0.0123. The van der Waals surface area contributed by atoms with E-state index >= 15 is 0 Å². The maximum absolute atomic E-state index is 11.9. The molecule has 0 saturated carbocycles. The Morgan fingerprint density at radius 3 is 2.88 bits per heavy atom. The van der Waals surface area contributed by atoms with Crippen molar-refractivity contribution < 1.29 is 9.90 Å². The van der Waals surface area contributed by atoms with Gasteiger partial charge in [0, 0.05) is 15.6 Å². The average Bonchev–Trinajstić information content (AvgIpc) is 3.07. The molecule has 3 rings (SSSR count). The van der Waals surface area contributed by atoms with Crippen LogP contribution in [0, 0.1) is 0 Å². The van der Waals surface area contributed by atoms with Gasteiger partial charge in [0.2, 0.25) is 0 Å². The third-order valence-electron chi connectivity index (χ3n) is 3.30. The van der Waals surface area contributed by atoms with Gasteiger partial charge in [0.15, 0.2) is 0 Å². The lowest BCUT2D eigenvalue weighted by Crippen LogP contribution is -2.23. The summed E-state index contributed by atoms with van der Waals surface area (Å²) in [5.41, 5.74) is 4.50. The summed E-state index contributed by atoms with van der Waals surface area (Å²) in [5, 5.41) is 21.5. The molecule has 7 nitrogen and oxygen atoms in total. The van der Waals surface area contributed by atoms with Gasteiger partial charge in [0.25, 0.3) is 5.91 Å². The van der Waals surface area contributed by atoms with E-state index in [0.29, 0.717) is 11.3 Å². The lowest BCUT2D eigenvalue weighted by atomic mass is 10.2. The van der Waals surface area contributed by atoms with Crippen LogP contribution in [-0.4, -0.2) is 32.2 Å². The normalized spacial score (nSPS) is 10.9. The Labute approximate surface area is 152 Å². The summed E-state index contributed by atoms with van der Waals surface area (Å²) in [5.74, 6) is -0.278. The molecule has 0 fully saturated rings. The number of nitrogens with one attached hydrogen (secondary N) is 1. The number of hydrogen-bond acceptors (Lipinski definition) is 5. The molecule has 0 radical (unpaired) electrons. The highest BCUT2D eigenvalue weighted by molar-refractivity contribution is 9.10.